The molecule has 0 aliphatic carbocycles. The molecule has 1 amide bonds. The summed E-state index contributed by atoms with van der Waals surface area (Å²) in [6.07, 6.45) is 1.60. The zero-order valence-electron chi connectivity index (χ0n) is 10.0. The number of morpholine rings is 1. The normalized spacial score (nSPS) is 24.9. The summed E-state index contributed by atoms with van der Waals surface area (Å²) in [4.78, 5) is 17.6. The lowest BCUT2D eigenvalue weighted by molar-refractivity contribution is -0.144. The van der Waals surface area contributed by atoms with E-state index in [1.54, 1.807) is 4.90 Å². The average molecular weight is 239 g/mol. The van der Waals surface area contributed by atoms with E-state index in [0.29, 0.717) is 13.1 Å². The molecule has 0 bridgehead atoms. The Bertz CT molecular complexity index is 395. The van der Waals surface area contributed by atoms with Gasteiger partial charge < -0.3 is 15.4 Å². The largest absolute Gasteiger partial charge is 0.372 e. The van der Waals surface area contributed by atoms with E-state index in [2.05, 4.69) is 10.1 Å². The number of aromatic nitrogens is 3. The Morgan fingerprint density at radius 2 is 2.18 bits per heavy atom. The van der Waals surface area contributed by atoms with E-state index >= 15 is 0 Å². The van der Waals surface area contributed by atoms with Gasteiger partial charge in [-0.2, -0.15) is 0 Å². The maximum absolute atomic E-state index is 12.0. The lowest BCUT2D eigenvalue weighted by Crippen LogP contribution is -2.49. The highest BCUT2D eigenvalue weighted by molar-refractivity contribution is 5.76. The fourth-order valence-electron chi connectivity index (χ4n) is 2.01. The zero-order valence-corrected chi connectivity index (χ0v) is 10.0. The van der Waals surface area contributed by atoms with E-state index in [4.69, 9.17) is 10.5 Å². The van der Waals surface area contributed by atoms with E-state index in [-0.39, 0.29) is 30.6 Å². The maximum atomic E-state index is 12.0. The molecule has 1 fully saturated rings. The molecule has 1 saturated heterocycles. The molecule has 1 aliphatic rings. The second kappa shape index (κ2) is 4.70. The SMILES string of the molecule is CC1CN(C(=O)Cn2cnc(N)n2)CC(C)O1. The van der Waals surface area contributed by atoms with Crippen LogP contribution in [-0.4, -0.2) is 50.9 Å². The lowest BCUT2D eigenvalue weighted by Gasteiger charge is -2.35. The van der Waals surface area contributed by atoms with Crippen LogP contribution in [-0.2, 0) is 16.1 Å². The standard InChI is InChI=1S/C10H17N5O2/c1-7-3-14(4-8(2)17-7)9(16)5-15-6-12-10(11)13-15/h6-8H,3-5H2,1-2H3,(H2,11,13). The molecule has 2 N–H and O–H groups in total. The molecule has 94 valence electrons. The summed E-state index contributed by atoms with van der Waals surface area (Å²) >= 11 is 0. The quantitative estimate of drug-likeness (QED) is 0.751. The van der Waals surface area contributed by atoms with Gasteiger partial charge in [-0.1, -0.05) is 0 Å². The molecular formula is C10H17N5O2. The third-order valence-electron chi connectivity index (χ3n) is 2.62. The number of hydrogen-bond acceptors (Lipinski definition) is 5. The second-order valence-electron chi connectivity index (χ2n) is 4.36. The van der Waals surface area contributed by atoms with Crippen molar-refractivity contribution in [3.05, 3.63) is 6.33 Å². The van der Waals surface area contributed by atoms with Crippen LogP contribution < -0.4 is 5.73 Å². The summed E-state index contributed by atoms with van der Waals surface area (Å²) < 4.78 is 7.02. The summed E-state index contributed by atoms with van der Waals surface area (Å²) in [6, 6.07) is 0. The van der Waals surface area contributed by atoms with Gasteiger partial charge in [-0.25, -0.2) is 9.67 Å². The van der Waals surface area contributed by atoms with Crippen LogP contribution in [0.25, 0.3) is 0 Å². The molecule has 1 aromatic heterocycles. The molecule has 2 heterocycles. The van der Waals surface area contributed by atoms with Crippen LogP contribution >= 0.6 is 0 Å². The molecule has 0 saturated carbocycles. The van der Waals surface area contributed by atoms with Crippen molar-refractivity contribution < 1.29 is 9.53 Å². The lowest BCUT2D eigenvalue weighted by atomic mass is 10.2. The van der Waals surface area contributed by atoms with Gasteiger partial charge in [0.25, 0.3) is 0 Å². The summed E-state index contributed by atoms with van der Waals surface area (Å²) in [6.45, 7) is 5.33. The smallest absolute Gasteiger partial charge is 0.244 e. The van der Waals surface area contributed by atoms with Gasteiger partial charge in [0.15, 0.2) is 0 Å². The molecule has 1 aliphatic heterocycles. The fraction of sp³-hybridized carbons (Fsp3) is 0.700. The highest BCUT2D eigenvalue weighted by Gasteiger charge is 2.25. The zero-order chi connectivity index (χ0) is 12.4. The van der Waals surface area contributed by atoms with Gasteiger partial charge in [0.1, 0.15) is 12.9 Å². The minimum atomic E-state index is 0.0110. The van der Waals surface area contributed by atoms with Crippen molar-refractivity contribution in [1.82, 2.24) is 19.7 Å². The Kier molecular flexibility index (Phi) is 3.28. The van der Waals surface area contributed by atoms with Crippen molar-refractivity contribution in [2.75, 3.05) is 18.8 Å². The monoisotopic (exact) mass is 239 g/mol. The van der Waals surface area contributed by atoms with E-state index < -0.39 is 0 Å². The number of ether oxygens (including phenoxy) is 1. The van der Waals surface area contributed by atoms with Crippen molar-refractivity contribution in [3.63, 3.8) is 0 Å². The molecule has 0 aromatic carbocycles. The number of anilines is 1. The van der Waals surface area contributed by atoms with Gasteiger partial charge in [0.2, 0.25) is 11.9 Å². The van der Waals surface area contributed by atoms with Crippen molar-refractivity contribution in [3.8, 4) is 0 Å². The molecule has 7 nitrogen and oxygen atoms in total. The molecule has 0 radical (unpaired) electrons. The summed E-state index contributed by atoms with van der Waals surface area (Å²) in [7, 11) is 0. The van der Waals surface area contributed by atoms with Crippen molar-refractivity contribution in [2.24, 2.45) is 0 Å². The number of nitrogen functional groups attached to an aromatic ring is 1. The summed E-state index contributed by atoms with van der Waals surface area (Å²) in [5.74, 6) is 0.193. The van der Waals surface area contributed by atoms with Crippen LogP contribution in [0.4, 0.5) is 5.95 Å². The first-order valence-electron chi connectivity index (χ1n) is 5.62. The fourth-order valence-corrected chi connectivity index (χ4v) is 2.01. The van der Waals surface area contributed by atoms with Gasteiger partial charge in [-0.3, -0.25) is 4.79 Å². The second-order valence-corrected chi connectivity index (χ2v) is 4.36. The Hall–Kier alpha value is -1.63. The average Bonchev–Trinajstić information content (AvgIpc) is 2.62. The number of nitrogens with zero attached hydrogens (tertiary/aromatic N) is 4. The number of carbonyl (C=O) groups is 1. The Morgan fingerprint density at radius 3 is 2.71 bits per heavy atom. The number of hydrogen-bond donors (Lipinski definition) is 1. The molecule has 17 heavy (non-hydrogen) atoms. The first-order chi connectivity index (χ1) is 8.04. The van der Waals surface area contributed by atoms with E-state index in [9.17, 15) is 4.79 Å². The van der Waals surface area contributed by atoms with Crippen molar-refractivity contribution in [2.45, 2.75) is 32.6 Å². The predicted octanol–water partition coefficient (Wildman–Crippen LogP) is -0.504. The van der Waals surface area contributed by atoms with Crippen LogP contribution in [0, 0.1) is 0 Å². The molecule has 0 spiro atoms. The van der Waals surface area contributed by atoms with E-state index in [0.717, 1.165) is 0 Å². The van der Waals surface area contributed by atoms with Gasteiger partial charge in [0, 0.05) is 13.1 Å². The Labute approximate surface area is 99.5 Å². The first-order valence-corrected chi connectivity index (χ1v) is 5.62. The van der Waals surface area contributed by atoms with Gasteiger partial charge >= 0.3 is 0 Å². The predicted molar refractivity (Wildman–Crippen MR) is 61.0 cm³/mol. The molecule has 2 unspecified atom stereocenters. The van der Waals surface area contributed by atoms with Crippen molar-refractivity contribution in [1.29, 1.82) is 0 Å². The Morgan fingerprint density at radius 1 is 1.53 bits per heavy atom. The van der Waals surface area contributed by atoms with Crippen LogP contribution in [0.1, 0.15) is 13.8 Å². The summed E-state index contributed by atoms with van der Waals surface area (Å²) in [5, 5.41) is 3.89. The number of carbonyl (C=O) groups excluding carboxylic acids is 1. The number of nitrogens with two attached hydrogens (primary N) is 1. The van der Waals surface area contributed by atoms with Gasteiger partial charge in [0.05, 0.1) is 12.2 Å². The van der Waals surface area contributed by atoms with Crippen LogP contribution in [0.5, 0.6) is 0 Å². The third kappa shape index (κ3) is 2.94. The van der Waals surface area contributed by atoms with Crippen LogP contribution in [0.2, 0.25) is 0 Å². The van der Waals surface area contributed by atoms with Crippen LogP contribution in [0.3, 0.4) is 0 Å². The Balaban J connectivity index is 1.95. The molecule has 2 atom stereocenters. The molecule has 7 heteroatoms. The first kappa shape index (κ1) is 11.8. The van der Waals surface area contributed by atoms with Crippen LogP contribution in [0.15, 0.2) is 6.33 Å². The molecule has 2 rings (SSSR count). The van der Waals surface area contributed by atoms with Gasteiger partial charge in [-0.05, 0) is 13.8 Å². The molecular weight excluding hydrogens is 222 g/mol. The number of amides is 1. The van der Waals surface area contributed by atoms with E-state index in [1.807, 2.05) is 13.8 Å². The minimum Gasteiger partial charge on any atom is -0.372 e. The van der Waals surface area contributed by atoms with E-state index in [1.165, 1.54) is 11.0 Å². The number of rotatable bonds is 2. The highest BCUT2D eigenvalue weighted by Crippen LogP contribution is 2.11. The third-order valence-corrected chi connectivity index (χ3v) is 2.62. The topological polar surface area (TPSA) is 86.3 Å². The van der Waals surface area contributed by atoms with Crippen molar-refractivity contribution >= 4 is 11.9 Å². The summed E-state index contributed by atoms with van der Waals surface area (Å²) in [5.41, 5.74) is 5.39. The van der Waals surface area contributed by atoms with Gasteiger partial charge in [-0.15, -0.1) is 5.10 Å². The molecule has 1 aromatic rings. The minimum absolute atomic E-state index is 0.0110. The highest BCUT2D eigenvalue weighted by atomic mass is 16.5. The maximum Gasteiger partial charge on any atom is 0.244 e.